The van der Waals surface area contributed by atoms with Gasteiger partial charge in [-0.3, -0.25) is 4.79 Å². The van der Waals surface area contributed by atoms with E-state index in [1.54, 1.807) is 13.0 Å². The molecule has 0 N–H and O–H groups in total. The molecule has 0 spiro atoms. The molecule has 1 heterocycles. The third-order valence-corrected chi connectivity index (χ3v) is 7.08. The molecule has 1 fully saturated rings. The van der Waals surface area contributed by atoms with Crippen LogP contribution in [0.4, 0.5) is 4.79 Å². The van der Waals surface area contributed by atoms with Crippen LogP contribution in [0.3, 0.4) is 0 Å². The molecule has 22 heavy (non-hydrogen) atoms. The first-order valence-electron chi connectivity index (χ1n) is 7.86. The van der Waals surface area contributed by atoms with Crippen LogP contribution in [-0.4, -0.2) is 44.5 Å². The third-order valence-electron chi connectivity index (χ3n) is 4.45. The summed E-state index contributed by atoms with van der Waals surface area (Å²) in [6, 6.07) is 0.741. The SMILES string of the molecule is C=CC(C)(CO[Si](C)(C)CC)C(=O)N1C(=O)OCC1C(C)C. The Balaban J connectivity index is 2.95. The van der Waals surface area contributed by atoms with Crippen molar-refractivity contribution < 1.29 is 18.8 Å². The number of nitrogens with zero attached hydrogens (tertiary/aromatic N) is 1. The second kappa shape index (κ2) is 6.96. The zero-order valence-electron chi connectivity index (χ0n) is 14.6. The Hall–Kier alpha value is -1.14. The zero-order valence-corrected chi connectivity index (χ0v) is 15.6. The van der Waals surface area contributed by atoms with E-state index in [1.165, 1.54) is 4.90 Å². The summed E-state index contributed by atoms with van der Waals surface area (Å²) < 4.78 is 11.1. The van der Waals surface area contributed by atoms with E-state index in [4.69, 9.17) is 9.16 Å². The fourth-order valence-corrected chi connectivity index (χ4v) is 2.99. The number of carbonyl (C=O) groups is 2. The summed E-state index contributed by atoms with van der Waals surface area (Å²) in [6.07, 6.45) is 1.02. The van der Waals surface area contributed by atoms with Crippen molar-refractivity contribution in [3.05, 3.63) is 12.7 Å². The molecule has 0 aromatic rings. The van der Waals surface area contributed by atoms with Crippen LogP contribution in [-0.2, 0) is 14.0 Å². The summed E-state index contributed by atoms with van der Waals surface area (Å²) >= 11 is 0. The summed E-state index contributed by atoms with van der Waals surface area (Å²) in [5, 5.41) is 0. The van der Waals surface area contributed by atoms with Crippen molar-refractivity contribution in [2.45, 2.75) is 52.9 Å². The van der Waals surface area contributed by atoms with E-state index < -0.39 is 19.8 Å². The van der Waals surface area contributed by atoms with Crippen LogP contribution in [0.5, 0.6) is 0 Å². The van der Waals surface area contributed by atoms with Gasteiger partial charge in [-0.1, -0.05) is 26.8 Å². The van der Waals surface area contributed by atoms with E-state index in [0.29, 0.717) is 0 Å². The standard InChI is InChI=1S/C16H29NO4Si/c1-8-16(5,11-21-22(6,7)9-2)14(18)17-13(12(3)4)10-20-15(17)19/h8,12-13H,1,9-11H2,2-7H3. The highest BCUT2D eigenvalue weighted by molar-refractivity contribution is 6.71. The molecule has 1 aliphatic heterocycles. The lowest BCUT2D eigenvalue weighted by atomic mass is 9.89. The topological polar surface area (TPSA) is 55.8 Å². The third kappa shape index (κ3) is 3.98. The highest BCUT2D eigenvalue weighted by Crippen LogP contribution is 2.30. The first kappa shape index (κ1) is 18.9. The average molecular weight is 327 g/mol. The van der Waals surface area contributed by atoms with Gasteiger partial charge in [0, 0.05) is 0 Å². The van der Waals surface area contributed by atoms with E-state index in [-0.39, 0.29) is 31.1 Å². The minimum atomic E-state index is -1.78. The smallest absolute Gasteiger partial charge is 0.417 e. The number of hydrogen-bond donors (Lipinski definition) is 0. The number of hydrogen-bond acceptors (Lipinski definition) is 4. The number of amides is 2. The molecule has 6 heteroatoms. The quantitative estimate of drug-likeness (QED) is 0.531. The van der Waals surface area contributed by atoms with Gasteiger partial charge in [0.2, 0.25) is 5.91 Å². The summed E-state index contributed by atoms with van der Waals surface area (Å²) in [4.78, 5) is 26.1. The minimum absolute atomic E-state index is 0.145. The largest absolute Gasteiger partial charge is 0.447 e. The molecule has 0 aliphatic carbocycles. The number of cyclic esters (lactones) is 1. The van der Waals surface area contributed by atoms with Crippen molar-refractivity contribution in [1.29, 1.82) is 0 Å². The first-order chi connectivity index (χ1) is 10.1. The Morgan fingerprint density at radius 2 is 2.18 bits per heavy atom. The van der Waals surface area contributed by atoms with Crippen molar-refractivity contribution in [3.8, 4) is 0 Å². The van der Waals surface area contributed by atoms with Crippen LogP contribution in [0.1, 0.15) is 27.7 Å². The zero-order chi connectivity index (χ0) is 17.1. The Morgan fingerprint density at radius 3 is 2.64 bits per heavy atom. The van der Waals surface area contributed by atoms with Crippen molar-refractivity contribution in [3.63, 3.8) is 0 Å². The molecule has 0 bridgehead atoms. The van der Waals surface area contributed by atoms with Crippen LogP contribution >= 0.6 is 0 Å². The highest BCUT2D eigenvalue weighted by atomic mass is 28.4. The molecule has 2 unspecified atom stereocenters. The number of rotatable bonds is 7. The highest BCUT2D eigenvalue weighted by Gasteiger charge is 2.46. The number of imide groups is 1. The Labute approximate surface area is 134 Å². The molecule has 5 nitrogen and oxygen atoms in total. The summed E-state index contributed by atoms with van der Waals surface area (Å²) in [6.45, 7) is 16.3. The van der Waals surface area contributed by atoms with Crippen molar-refractivity contribution in [1.82, 2.24) is 4.90 Å². The van der Waals surface area contributed by atoms with Crippen molar-refractivity contribution in [2.24, 2.45) is 11.3 Å². The molecule has 0 radical (unpaired) electrons. The molecule has 0 aromatic heterocycles. The molecule has 2 atom stereocenters. The summed E-state index contributed by atoms with van der Waals surface area (Å²) in [5.74, 6) is -0.142. The Bertz CT molecular complexity index is 449. The Morgan fingerprint density at radius 1 is 1.59 bits per heavy atom. The van der Waals surface area contributed by atoms with Gasteiger partial charge in [-0.25, -0.2) is 9.69 Å². The molecule has 1 rings (SSSR count). The van der Waals surface area contributed by atoms with Gasteiger partial charge in [-0.05, 0) is 32.0 Å². The van der Waals surface area contributed by atoms with Gasteiger partial charge < -0.3 is 9.16 Å². The van der Waals surface area contributed by atoms with Crippen LogP contribution < -0.4 is 0 Å². The van der Waals surface area contributed by atoms with E-state index in [1.807, 2.05) is 13.8 Å². The normalized spacial score (nSPS) is 21.7. The Kier molecular flexibility index (Phi) is 5.98. The van der Waals surface area contributed by atoms with Gasteiger partial charge >= 0.3 is 6.09 Å². The first-order valence-corrected chi connectivity index (χ1v) is 11.0. The molecular weight excluding hydrogens is 298 g/mol. The predicted molar refractivity (Wildman–Crippen MR) is 89.0 cm³/mol. The van der Waals surface area contributed by atoms with E-state index >= 15 is 0 Å². The molecule has 1 saturated heterocycles. The van der Waals surface area contributed by atoms with Crippen LogP contribution in [0, 0.1) is 11.3 Å². The van der Waals surface area contributed by atoms with Crippen LogP contribution in [0.15, 0.2) is 12.7 Å². The monoisotopic (exact) mass is 327 g/mol. The van der Waals surface area contributed by atoms with E-state index in [0.717, 1.165) is 6.04 Å². The maximum Gasteiger partial charge on any atom is 0.417 e. The molecule has 126 valence electrons. The molecule has 0 aromatic carbocycles. The van der Waals surface area contributed by atoms with Gasteiger partial charge in [0.15, 0.2) is 8.32 Å². The fraction of sp³-hybridized carbons (Fsp3) is 0.750. The number of carbonyl (C=O) groups excluding carboxylic acids is 2. The van der Waals surface area contributed by atoms with E-state index in [2.05, 4.69) is 26.6 Å². The molecule has 2 amide bonds. The lowest BCUT2D eigenvalue weighted by Crippen LogP contribution is -2.50. The minimum Gasteiger partial charge on any atom is -0.447 e. The second-order valence-electron chi connectivity index (χ2n) is 7.09. The van der Waals surface area contributed by atoms with Gasteiger partial charge in [0.25, 0.3) is 0 Å². The van der Waals surface area contributed by atoms with E-state index in [9.17, 15) is 9.59 Å². The number of ether oxygens (including phenoxy) is 1. The van der Waals surface area contributed by atoms with Gasteiger partial charge in [-0.2, -0.15) is 0 Å². The van der Waals surface area contributed by atoms with Crippen molar-refractivity contribution in [2.75, 3.05) is 13.2 Å². The molecule has 1 aliphatic rings. The van der Waals surface area contributed by atoms with Crippen LogP contribution in [0.25, 0.3) is 0 Å². The van der Waals surface area contributed by atoms with Gasteiger partial charge in [-0.15, -0.1) is 6.58 Å². The van der Waals surface area contributed by atoms with Crippen LogP contribution in [0.2, 0.25) is 19.1 Å². The summed E-state index contributed by atoms with van der Waals surface area (Å²) in [7, 11) is -1.78. The fourth-order valence-electron chi connectivity index (χ4n) is 2.09. The lowest BCUT2D eigenvalue weighted by molar-refractivity contribution is -0.138. The summed E-state index contributed by atoms with van der Waals surface area (Å²) in [5.41, 5.74) is -0.921. The lowest BCUT2D eigenvalue weighted by Gasteiger charge is -2.34. The molecular formula is C16H29NO4Si. The average Bonchev–Trinajstić information content (AvgIpc) is 2.86. The molecule has 0 saturated carbocycles. The van der Waals surface area contributed by atoms with Crippen molar-refractivity contribution >= 4 is 20.3 Å². The van der Waals surface area contributed by atoms with Gasteiger partial charge in [0.05, 0.1) is 18.1 Å². The van der Waals surface area contributed by atoms with Gasteiger partial charge in [0.1, 0.15) is 6.61 Å². The predicted octanol–water partition coefficient (Wildman–Crippen LogP) is 3.42. The maximum absolute atomic E-state index is 12.9. The maximum atomic E-state index is 12.9. The second-order valence-corrected chi connectivity index (χ2v) is 11.6.